The van der Waals surface area contributed by atoms with Gasteiger partial charge in [-0.3, -0.25) is 4.79 Å². The highest BCUT2D eigenvalue weighted by Crippen LogP contribution is 2.21. The number of rotatable bonds is 4. The van der Waals surface area contributed by atoms with E-state index in [2.05, 4.69) is 0 Å². The van der Waals surface area contributed by atoms with Crippen LogP contribution in [0.1, 0.15) is 27.0 Å². The molecule has 0 saturated heterocycles. The van der Waals surface area contributed by atoms with E-state index in [1.54, 1.807) is 7.11 Å². The summed E-state index contributed by atoms with van der Waals surface area (Å²) in [6.45, 7) is 4.02. The number of aryl methyl sites for hydroxylation is 2. The van der Waals surface area contributed by atoms with E-state index in [9.17, 15) is 4.79 Å². The average molecular weight is 254 g/mol. The van der Waals surface area contributed by atoms with Gasteiger partial charge in [0, 0.05) is 6.42 Å². The molecule has 0 N–H and O–H groups in total. The van der Waals surface area contributed by atoms with E-state index in [1.165, 1.54) is 5.56 Å². The van der Waals surface area contributed by atoms with Gasteiger partial charge in [0.25, 0.3) is 0 Å². The summed E-state index contributed by atoms with van der Waals surface area (Å²) in [7, 11) is 1.59. The number of carbonyl (C=O) groups excluding carboxylic acids is 1. The number of ether oxygens (including phenoxy) is 1. The van der Waals surface area contributed by atoms with Crippen molar-refractivity contribution in [3.63, 3.8) is 0 Å². The van der Waals surface area contributed by atoms with Crippen LogP contribution in [0.3, 0.4) is 0 Å². The molecule has 0 aliphatic rings. The highest BCUT2D eigenvalue weighted by Gasteiger charge is 2.12. The second-order valence-corrected chi connectivity index (χ2v) is 4.79. The summed E-state index contributed by atoms with van der Waals surface area (Å²) in [5.41, 5.74) is 3.96. The van der Waals surface area contributed by atoms with Crippen molar-refractivity contribution in [3.8, 4) is 5.75 Å². The van der Waals surface area contributed by atoms with Gasteiger partial charge in [0.1, 0.15) is 5.75 Å². The molecule has 0 unspecified atom stereocenters. The fourth-order valence-electron chi connectivity index (χ4n) is 2.02. The van der Waals surface area contributed by atoms with Gasteiger partial charge in [-0.2, -0.15) is 0 Å². The number of hydrogen-bond acceptors (Lipinski definition) is 2. The summed E-state index contributed by atoms with van der Waals surface area (Å²) in [6, 6.07) is 13.7. The van der Waals surface area contributed by atoms with Crippen LogP contribution in [0.5, 0.6) is 5.75 Å². The Morgan fingerprint density at radius 2 is 1.63 bits per heavy atom. The Kier molecular flexibility index (Phi) is 4.00. The van der Waals surface area contributed by atoms with Crippen LogP contribution in [-0.4, -0.2) is 12.9 Å². The first-order valence-corrected chi connectivity index (χ1v) is 6.33. The maximum Gasteiger partial charge on any atom is 0.170 e. The molecule has 0 aliphatic heterocycles. The molecule has 0 aromatic heterocycles. The van der Waals surface area contributed by atoms with Gasteiger partial charge in [-0.1, -0.05) is 35.9 Å². The molecule has 0 atom stereocenters. The van der Waals surface area contributed by atoms with Crippen molar-refractivity contribution in [1.29, 1.82) is 0 Å². The molecule has 19 heavy (non-hydrogen) atoms. The molecular weight excluding hydrogens is 236 g/mol. The minimum absolute atomic E-state index is 0.0840. The van der Waals surface area contributed by atoms with Crippen molar-refractivity contribution in [1.82, 2.24) is 0 Å². The van der Waals surface area contributed by atoms with E-state index in [-0.39, 0.29) is 5.78 Å². The number of ketones is 1. The zero-order chi connectivity index (χ0) is 13.8. The Morgan fingerprint density at radius 1 is 1.00 bits per heavy atom. The average Bonchev–Trinajstić information content (AvgIpc) is 2.41. The summed E-state index contributed by atoms with van der Waals surface area (Å²) in [5, 5.41) is 0. The van der Waals surface area contributed by atoms with E-state index >= 15 is 0 Å². The molecule has 0 bridgehead atoms. The zero-order valence-corrected chi connectivity index (χ0v) is 11.6. The van der Waals surface area contributed by atoms with E-state index < -0.39 is 0 Å². The van der Waals surface area contributed by atoms with Gasteiger partial charge in [0.2, 0.25) is 0 Å². The molecule has 2 aromatic carbocycles. The molecule has 2 nitrogen and oxygen atoms in total. The Balaban J connectivity index is 2.22. The van der Waals surface area contributed by atoms with Crippen LogP contribution in [0, 0.1) is 13.8 Å². The standard InChI is InChI=1S/C17H18O2/c1-12-4-7-14(8-5-12)11-16(18)15-9-6-13(2)10-17(15)19-3/h4-10H,11H2,1-3H3. The van der Waals surface area contributed by atoms with Crippen molar-refractivity contribution in [2.45, 2.75) is 20.3 Å². The molecule has 98 valence electrons. The predicted molar refractivity (Wildman–Crippen MR) is 76.9 cm³/mol. The Hall–Kier alpha value is -2.09. The SMILES string of the molecule is COc1cc(C)ccc1C(=O)Cc1ccc(C)cc1. The quantitative estimate of drug-likeness (QED) is 0.777. The molecule has 0 saturated carbocycles. The van der Waals surface area contributed by atoms with Crippen LogP contribution < -0.4 is 4.74 Å². The maximum absolute atomic E-state index is 12.3. The Labute approximate surface area is 114 Å². The fourth-order valence-corrected chi connectivity index (χ4v) is 2.02. The summed E-state index contributed by atoms with van der Waals surface area (Å²) in [5.74, 6) is 0.734. The van der Waals surface area contributed by atoms with Crippen molar-refractivity contribution in [2.24, 2.45) is 0 Å². The molecule has 2 rings (SSSR count). The van der Waals surface area contributed by atoms with Crippen LogP contribution in [0.25, 0.3) is 0 Å². The van der Waals surface area contributed by atoms with Gasteiger partial charge in [-0.15, -0.1) is 0 Å². The van der Waals surface area contributed by atoms with Crippen LogP contribution in [0.15, 0.2) is 42.5 Å². The third-order valence-electron chi connectivity index (χ3n) is 3.14. The lowest BCUT2D eigenvalue weighted by Crippen LogP contribution is -2.06. The molecule has 0 fully saturated rings. The predicted octanol–water partition coefficient (Wildman–Crippen LogP) is 3.74. The lowest BCUT2D eigenvalue weighted by Gasteiger charge is -2.08. The first kappa shape index (κ1) is 13.3. The Morgan fingerprint density at radius 3 is 2.26 bits per heavy atom. The number of benzene rings is 2. The van der Waals surface area contributed by atoms with Gasteiger partial charge in [0.15, 0.2) is 5.78 Å². The Bertz CT molecular complexity index is 583. The second kappa shape index (κ2) is 5.70. The molecular formula is C17H18O2. The lowest BCUT2D eigenvalue weighted by molar-refractivity contribution is 0.0990. The number of hydrogen-bond donors (Lipinski definition) is 0. The van der Waals surface area contributed by atoms with E-state index in [1.807, 2.05) is 56.3 Å². The normalized spacial score (nSPS) is 10.3. The van der Waals surface area contributed by atoms with Crippen LogP contribution in [0.4, 0.5) is 0 Å². The van der Waals surface area contributed by atoms with Gasteiger partial charge in [-0.25, -0.2) is 0 Å². The van der Waals surface area contributed by atoms with Crippen LogP contribution in [0.2, 0.25) is 0 Å². The summed E-state index contributed by atoms with van der Waals surface area (Å²) < 4.78 is 5.28. The third kappa shape index (κ3) is 3.22. The van der Waals surface area contributed by atoms with E-state index in [0.29, 0.717) is 17.7 Å². The second-order valence-electron chi connectivity index (χ2n) is 4.79. The fraction of sp³-hybridized carbons (Fsp3) is 0.235. The molecule has 0 spiro atoms. The summed E-state index contributed by atoms with van der Waals surface area (Å²) in [4.78, 5) is 12.3. The van der Waals surface area contributed by atoms with Crippen molar-refractivity contribution < 1.29 is 9.53 Å². The third-order valence-corrected chi connectivity index (χ3v) is 3.14. The van der Waals surface area contributed by atoms with Crippen molar-refractivity contribution >= 4 is 5.78 Å². The molecule has 0 radical (unpaired) electrons. The smallest absolute Gasteiger partial charge is 0.170 e. The van der Waals surface area contributed by atoms with E-state index in [0.717, 1.165) is 11.1 Å². The van der Waals surface area contributed by atoms with Gasteiger partial charge < -0.3 is 4.74 Å². The number of methoxy groups -OCH3 is 1. The van der Waals surface area contributed by atoms with Gasteiger partial charge in [-0.05, 0) is 37.1 Å². The highest BCUT2D eigenvalue weighted by atomic mass is 16.5. The monoisotopic (exact) mass is 254 g/mol. The van der Waals surface area contributed by atoms with Crippen LogP contribution >= 0.6 is 0 Å². The maximum atomic E-state index is 12.3. The van der Waals surface area contributed by atoms with E-state index in [4.69, 9.17) is 4.74 Å². The minimum Gasteiger partial charge on any atom is -0.496 e. The number of Topliss-reactive ketones (excluding diaryl/α,β-unsaturated/α-hetero) is 1. The van der Waals surface area contributed by atoms with Crippen molar-refractivity contribution in [2.75, 3.05) is 7.11 Å². The number of carbonyl (C=O) groups is 1. The van der Waals surface area contributed by atoms with Gasteiger partial charge >= 0.3 is 0 Å². The largest absolute Gasteiger partial charge is 0.496 e. The molecule has 2 aromatic rings. The van der Waals surface area contributed by atoms with Crippen molar-refractivity contribution in [3.05, 3.63) is 64.7 Å². The molecule has 0 heterocycles. The molecule has 0 aliphatic carbocycles. The summed E-state index contributed by atoms with van der Waals surface area (Å²) in [6.07, 6.45) is 0.402. The zero-order valence-electron chi connectivity index (χ0n) is 11.6. The highest BCUT2D eigenvalue weighted by molar-refractivity contribution is 6.00. The molecule has 0 amide bonds. The minimum atomic E-state index is 0.0840. The molecule has 2 heteroatoms. The summed E-state index contributed by atoms with van der Waals surface area (Å²) >= 11 is 0. The van der Waals surface area contributed by atoms with Gasteiger partial charge in [0.05, 0.1) is 12.7 Å². The first-order valence-electron chi connectivity index (χ1n) is 6.33. The lowest BCUT2D eigenvalue weighted by atomic mass is 10.0. The first-order chi connectivity index (χ1) is 9.10. The van der Waals surface area contributed by atoms with Crippen LogP contribution in [-0.2, 0) is 6.42 Å². The topological polar surface area (TPSA) is 26.3 Å².